The molecule has 1 heterocycles. The lowest BCUT2D eigenvalue weighted by molar-refractivity contribution is -0.121. The summed E-state index contributed by atoms with van der Waals surface area (Å²) < 4.78 is 16.9. The fourth-order valence-electron chi connectivity index (χ4n) is 3.75. The summed E-state index contributed by atoms with van der Waals surface area (Å²) >= 11 is 0. The minimum absolute atomic E-state index is 0.0545. The third-order valence-electron chi connectivity index (χ3n) is 5.36. The van der Waals surface area contributed by atoms with Gasteiger partial charge in [-0.1, -0.05) is 24.3 Å². The molecule has 0 aromatic heterocycles. The third-order valence-corrected chi connectivity index (χ3v) is 5.36. The first kappa shape index (κ1) is 23.2. The zero-order chi connectivity index (χ0) is 23.9. The van der Waals surface area contributed by atoms with Crippen LogP contribution in [0.1, 0.15) is 18.1 Å². The van der Waals surface area contributed by atoms with Gasteiger partial charge in [0.1, 0.15) is 23.9 Å². The van der Waals surface area contributed by atoms with E-state index in [1.165, 1.54) is 0 Å². The summed E-state index contributed by atoms with van der Waals surface area (Å²) in [6, 6.07) is 20.5. The maximum absolute atomic E-state index is 12.5. The number of hydrogen-bond acceptors (Lipinski definition) is 5. The van der Waals surface area contributed by atoms with E-state index in [0.717, 1.165) is 22.6 Å². The molecule has 2 amide bonds. The maximum atomic E-state index is 12.5. The number of amides is 2. The van der Waals surface area contributed by atoms with Crippen LogP contribution in [0.2, 0.25) is 0 Å². The van der Waals surface area contributed by atoms with Crippen LogP contribution >= 0.6 is 0 Å². The van der Waals surface area contributed by atoms with Crippen LogP contribution in [0.3, 0.4) is 0 Å². The van der Waals surface area contributed by atoms with Crippen molar-refractivity contribution < 1.29 is 23.8 Å². The third kappa shape index (κ3) is 5.86. The Bertz CT molecular complexity index is 1160. The van der Waals surface area contributed by atoms with Gasteiger partial charge in [0.05, 0.1) is 25.3 Å². The van der Waals surface area contributed by atoms with Crippen molar-refractivity contribution in [2.24, 2.45) is 0 Å². The number of nitrogens with one attached hydrogen (secondary N) is 1. The Hall–Kier alpha value is -4.00. The predicted molar refractivity (Wildman–Crippen MR) is 131 cm³/mol. The molecule has 0 fully saturated rings. The molecule has 7 heteroatoms. The van der Waals surface area contributed by atoms with Crippen LogP contribution < -0.4 is 24.4 Å². The standard InChI is InChI=1S/C27H28N2O5/c1-3-32-22-10-7-20(8-11-22)16-26(30)28-21-9-12-24-25(17-21)34-18-27(31)29(24)13-14-33-23-6-4-5-19(2)15-23/h4-12,15,17H,3,13-14,16,18H2,1-2H3,(H,28,30). The molecule has 0 aliphatic carbocycles. The van der Waals surface area contributed by atoms with E-state index in [4.69, 9.17) is 14.2 Å². The summed E-state index contributed by atoms with van der Waals surface area (Å²) in [7, 11) is 0. The monoisotopic (exact) mass is 460 g/mol. The summed E-state index contributed by atoms with van der Waals surface area (Å²) in [6.45, 7) is 5.23. The Kier molecular flexibility index (Phi) is 7.32. The summed E-state index contributed by atoms with van der Waals surface area (Å²) in [5.41, 5.74) is 3.27. The van der Waals surface area contributed by atoms with Gasteiger partial charge in [0.2, 0.25) is 5.91 Å². The van der Waals surface area contributed by atoms with Crippen molar-refractivity contribution in [1.82, 2.24) is 0 Å². The molecule has 7 nitrogen and oxygen atoms in total. The minimum atomic E-state index is -0.139. The van der Waals surface area contributed by atoms with Crippen molar-refractivity contribution >= 4 is 23.2 Å². The molecule has 176 valence electrons. The lowest BCUT2D eigenvalue weighted by atomic mass is 10.1. The number of benzene rings is 3. The summed E-state index contributed by atoms with van der Waals surface area (Å²) in [4.78, 5) is 26.6. The second kappa shape index (κ2) is 10.7. The van der Waals surface area contributed by atoms with Crippen molar-refractivity contribution in [3.8, 4) is 17.2 Å². The highest BCUT2D eigenvalue weighted by Crippen LogP contribution is 2.34. The summed E-state index contributed by atoms with van der Waals surface area (Å²) in [5, 5.41) is 2.90. The van der Waals surface area contributed by atoms with E-state index in [1.54, 1.807) is 23.1 Å². The highest BCUT2D eigenvalue weighted by atomic mass is 16.5. The van der Waals surface area contributed by atoms with Gasteiger partial charge in [-0.05, 0) is 61.4 Å². The Balaban J connectivity index is 1.36. The first-order chi connectivity index (χ1) is 16.5. The van der Waals surface area contributed by atoms with E-state index in [1.807, 2.05) is 62.4 Å². The first-order valence-electron chi connectivity index (χ1n) is 11.3. The molecule has 0 atom stereocenters. The van der Waals surface area contributed by atoms with E-state index in [9.17, 15) is 9.59 Å². The molecule has 1 N–H and O–H groups in total. The molecule has 1 aliphatic heterocycles. The number of rotatable bonds is 9. The maximum Gasteiger partial charge on any atom is 0.265 e. The van der Waals surface area contributed by atoms with Crippen molar-refractivity contribution in [2.75, 3.05) is 36.6 Å². The van der Waals surface area contributed by atoms with Crippen molar-refractivity contribution in [3.05, 3.63) is 77.9 Å². The van der Waals surface area contributed by atoms with Gasteiger partial charge in [-0.15, -0.1) is 0 Å². The van der Waals surface area contributed by atoms with Crippen molar-refractivity contribution in [2.45, 2.75) is 20.3 Å². The Morgan fingerprint density at radius 1 is 1.03 bits per heavy atom. The quantitative estimate of drug-likeness (QED) is 0.513. The largest absolute Gasteiger partial charge is 0.494 e. The number of ether oxygens (including phenoxy) is 3. The molecule has 34 heavy (non-hydrogen) atoms. The number of aryl methyl sites for hydroxylation is 1. The molecule has 0 saturated carbocycles. The van der Waals surface area contributed by atoms with E-state index in [2.05, 4.69) is 5.32 Å². The lowest BCUT2D eigenvalue weighted by Gasteiger charge is -2.29. The van der Waals surface area contributed by atoms with Crippen molar-refractivity contribution in [3.63, 3.8) is 0 Å². The molecular formula is C27H28N2O5. The van der Waals surface area contributed by atoms with Gasteiger partial charge in [-0.25, -0.2) is 0 Å². The fraction of sp³-hybridized carbons (Fsp3) is 0.259. The highest BCUT2D eigenvalue weighted by Gasteiger charge is 2.25. The number of carbonyl (C=O) groups is 2. The number of carbonyl (C=O) groups excluding carboxylic acids is 2. The van der Waals surface area contributed by atoms with Gasteiger partial charge >= 0.3 is 0 Å². The predicted octanol–water partition coefficient (Wildman–Crippen LogP) is 4.38. The van der Waals surface area contributed by atoms with E-state index in [-0.39, 0.29) is 24.8 Å². The van der Waals surface area contributed by atoms with E-state index < -0.39 is 0 Å². The lowest BCUT2D eigenvalue weighted by Crippen LogP contribution is -2.41. The topological polar surface area (TPSA) is 77.1 Å². The van der Waals surface area contributed by atoms with Gasteiger partial charge in [0.15, 0.2) is 6.61 Å². The molecular weight excluding hydrogens is 432 g/mol. The highest BCUT2D eigenvalue weighted by molar-refractivity contribution is 5.99. The van der Waals surface area contributed by atoms with Crippen LogP contribution in [-0.4, -0.2) is 38.2 Å². The normalized spacial score (nSPS) is 12.5. The number of anilines is 2. The zero-order valence-corrected chi connectivity index (χ0v) is 19.4. The van der Waals surface area contributed by atoms with E-state index >= 15 is 0 Å². The van der Waals surface area contributed by atoms with Gasteiger partial charge in [0, 0.05) is 11.8 Å². The van der Waals surface area contributed by atoms with Crippen LogP contribution in [0.15, 0.2) is 66.7 Å². The molecule has 0 unspecified atom stereocenters. The number of fused-ring (bicyclic) bond motifs is 1. The summed E-state index contributed by atoms with van der Waals surface area (Å²) in [5.74, 6) is 1.83. The van der Waals surface area contributed by atoms with Crippen LogP contribution in [0.5, 0.6) is 17.2 Å². The molecule has 0 spiro atoms. The smallest absolute Gasteiger partial charge is 0.265 e. The minimum Gasteiger partial charge on any atom is -0.494 e. The average molecular weight is 461 g/mol. The SMILES string of the molecule is CCOc1ccc(CC(=O)Nc2ccc3c(c2)OCC(=O)N3CCOc2cccc(C)c2)cc1. The zero-order valence-electron chi connectivity index (χ0n) is 19.4. The average Bonchev–Trinajstić information content (AvgIpc) is 2.82. The molecule has 0 bridgehead atoms. The Labute approximate surface area is 199 Å². The first-order valence-corrected chi connectivity index (χ1v) is 11.3. The number of nitrogens with zero attached hydrogens (tertiary/aromatic N) is 1. The second-order valence-electron chi connectivity index (χ2n) is 7.98. The fourth-order valence-corrected chi connectivity index (χ4v) is 3.75. The molecule has 1 aliphatic rings. The van der Waals surface area contributed by atoms with Crippen molar-refractivity contribution in [1.29, 1.82) is 0 Å². The van der Waals surface area contributed by atoms with Gasteiger partial charge in [0.25, 0.3) is 5.91 Å². The van der Waals surface area contributed by atoms with Crippen LogP contribution in [0.4, 0.5) is 11.4 Å². The van der Waals surface area contributed by atoms with Crippen LogP contribution in [-0.2, 0) is 16.0 Å². The van der Waals surface area contributed by atoms with Crippen LogP contribution in [0, 0.1) is 6.92 Å². The summed E-state index contributed by atoms with van der Waals surface area (Å²) in [6.07, 6.45) is 0.241. The molecule has 4 rings (SSSR count). The molecule has 3 aromatic carbocycles. The molecule has 0 radical (unpaired) electrons. The molecule has 3 aromatic rings. The Morgan fingerprint density at radius 3 is 2.62 bits per heavy atom. The van der Waals surface area contributed by atoms with Crippen LogP contribution in [0.25, 0.3) is 0 Å². The van der Waals surface area contributed by atoms with Gasteiger partial charge < -0.3 is 24.4 Å². The Morgan fingerprint density at radius 2 is 1.85 bits per heavy atom. The van der Waals surface area contributed by atoms with Gasteiger partial charge in [-0.3, -0.25) is 9.59 Å². The van der Waals surface area contributed by atoms with E-state index in [0.29, 0.717) is 36.9 Å². The van der Waals surface area contributed by atoms with Gasteiger partial charge in [-0.2, -0.15) is 0 Å². The molecule has 0 saturated heterocycles. The second-order valence-corrected chi connectivity index (χ2v) is 7.98. The number of hydrogen-bond donors (Lipinski definition) is 1.